The number of esters is 1. The van der Waals surface area contributed by atoms with E-state index in [1.54, 1.807) is 6.08 Å². The average Bonchev–Trinajstić information content (AvgIpc) is 2.87. The Kier molecular flexibility index (Phi) is 6.49. The van der Waals surface area contributed by atoms with Crippen molar-refractivity contribution in [3.05, 3.63) is 12.2 Å². The molecule has 22 heavy (non-hydrogen) atoms. The zero-order valence-corrected chi connectivity index (χ0v) is 14.6. The highest BCUT2D eigenvalue weighted by atomic mass is 79.9. The fraction of sp³-hybridized carbons (Fsp3) is 0.706. The van der Waals surface area contributed by atoms with Crippen LogP contribution in [0.15, 0.2) is 12.2 Å². The molecular formula is C17H23BrO4. The summed E-state index contributed by atoms with van der Waals surface area (Å²) in [6.07, 6.45) is 11.6. The third-order valence-corrected chi connectivity index (χ3v) is 5.12. The molecule has 2 fully saturated rings. The van der Waals surface area contributed by atoms with Crippen LogP contribution in [0.1, 0.15) is 39.5 Å². The minimum Gasteiger partial charge on any atom is -0.460 e. The number of carbonyl (C=O) groups is 1. The van der Waals surface area contributed by atoms with Crippen LogP contribution in [0.2, 0.25) is 0 Å². The minimum absolute atomic E-state index is 0.00998. The monoisotopic (exact) mass is 370 g/mol. The molecule has 122 valence electrons. The van der Waals surface area contributed by atoms with E-state index in [1.165, 1.54) is 6.92 Å². The molecule has 0 spiro atoms. The summed E-state index contributed by atoms with van der Waals surface area (Å²) in [5.41, 5.74) is 0. The van der Waals surface area contributed by atoms with Gasteiger partial charge < -0.3 is 14.2 Å². The molecule has 5 heteroatoms. The molecular weight excluding hydrogens is 348 g/mol. The van der Waals surface area contributed by atoms with Gasteiger partial charge in [0.2, 0.25) is 0 Å². The van der Waals surface area contributed by atoms with Gasteiger partial charge in [-0.15, -0.1) is 6.42 Å². The molecule has 2 saturated heterocycles. The lowest BCUT2D eigenvalue weighted by Crippen LogP contribution is -2.40. The highest BCUT2D eigenvalue weighted by Gasteiger charge is 2.45. The van der Waals surface area contributed by atoms with Gasteiger partial charge in [-0.25, -0.2) is 0 Å². The number of fused-ring (bicyclic) bond motifs is 2. The van der Waals surface area contributed by atoms with Crippen molar-refractivity contribution in [2.24, 2.45) is 0 Å². The van der Waals surface area contributed by atoms with Gasteiger partial charge in [0.25, 0.3) is 0 Å². The van der Waals surface area contributed by atoms with Crippen molar-refractivity contribution in [2.75, 3.05) is 0 Å². The van der Waals surface area contributed by atoms with Crippen molar-refractivity contribution in [1.29, 1.82) is 0 Å². The van der Waals surface area contributed by atoms with Crippen molar-refractivity contribution in [3.63, 3.8) is 0 Å². The van der Waals surface area contributed by atoms with E-state index in [1.807, 2.05) is 6.08 Å². The summed E-state index contributed by atoms with van der Waals surface area (Å²) >= 11 is 3.68. The summed E-state index contributed by atoms with van der Waals surface area (Å²) in [6, 6.07) is 0. The summed E-state index contributed by atoms with van der Waals surface area (Å²) in [7, 11) is 0. The Morgan fingerprint density at radius 3 is 2.73 bits per heavy atom. The number of hydrogen-bond acceptors (Lipinski definition) is 4. The van der Waals surface area contributed by atoms with Crippen LogP contribution in [0.5, 0.6) is 0 Å². The number of carbonyl (C=O) groups excluding carboxylic acids is 1. The van der Waals surface area contributed by atoms with Crippen LogP contribution in [-0.4, -0.2) is 41.3 Å². The molecule has 0 N–H and O–H groups in total. The molecule has 2 rings (SSSR count). The predicted molar refractivity (Wildman–Crippen MR) is 87.7 cm³/mol. The zero-order valence-electron chi connectivity index (χ0n) is 13.0. The molecule has 0 unspecified atom stereocenters. The Bertz CT molecular complexity index is 456. The van der Waals surface area contributed by atoms with Gasteiger partial charge in [-0.3, -0.25) is 4.79 Å². The fourth-order valence-electron chi connectivity index (χ4n) is 3.13. The smallest absolute Gasteiger partial charge is 0.302 e. The summed E-state index contributed by atoms with van der Waals surface area (Å²) in [6.45, 7) is 3.54. The van der Waals surface area contributed by atoms with Gasteiger partial charge in [0.1, 0.15) is 6.10 Å². The molecule has 2 aliphatic rings. The number of terminal acetylenes is 1. The molecule has 0 aromatic heterocycles. The van der Waals surface area contributed by atoms with Crippen LogP contribution in [-0.2, 0) is 19.0 Å². The fourth-order valence-corrected chi connectivity index (χ4v) is 4.00. The summed E-state index contributed by atoms with van der Waals surface area (Å²) < 4.78 is 17.8. The van der Waals surface area contributed by atoms with Gasteiger partial charge in [-0.05, 0) is 18.9 Å². The van der Waals surface area contributed by atoms with Crippen LogP contribution in [0, 0.1) is 12.3 Å². The molecule has 2 aliphatic heterocycles. The number of allylic oxidation sites excluding steroid dienone is 1. The summed E-state index contributed by atoms with van der Waals surface area (Å²) in [4.78, 5) is 11.5. The second-order valence-electron chi connectivity index (χ2n) is 5.77. The van der Waals surface area contributed by atoms with E-state index >= 15 is 0 Å². The van der Waals surface area contributed by atoms with Crippen molar-refractivity contribution in [3.8, 4) is 12.3 Å². The Labute approximate surface area is 140 Å². The molecule has 2 bridgehead atoms. The van der Waals surface area contributed by atoms with Crippen LogP contribution in [0.3, 0.4) is 0 Å². The standard InChI is InChI=1S/C17H23BrO4/c1-4-6-7-8-14-16-10-17(22-14)15(20-11(3)19)9-12(18)13(5-2)21-16/h1,6-7,12-17H,5,8-10H2,2-3H3/b7-6+/t12-,13+,14+,15+,16+,17+/m0/s1. The molecule has 0 aromatic rings. The van der Waals surface area contributed by atoms with Crippen molar-refractivity contribution < 1.29 is 19.0 Å². The topological polar surface area (TPSA) is 44.8 Å². The van der Waals surface area contributed by atoms with Gasteiger partial charge in [-0.1, -0.05) is 34.9 Å². The average molecular weight is 371 g/mol. The number of rotatable bonds is 4. The number of hydrogen-bond donors (Lipinski definition) is 0. The van der Waals surface area contributed by atoms with Crippen molar-refractivity contribution >= 4 is 21.9 Å². The summed E-state index contributed by atoms with van der Waals surface area (Å²) in [5.74, 6) is 2.22. The SMILES string of the molecule is C#C/C=C/C[C@H]1O[C@@H]2C[C@H]1O[C@H](CC)[C@@H](Br)C[C@H]2OC(C)=O. The number of ether oxygens (including phenoxy) is 3. The van der Waals surface area contributed by atoms with E-state index in [-0.39, 0.29) is 41.3 Å². The minimum atomic E-state index is -0.268. The van der Waals surface area contributed by atoms with Gasteiger partial charge in [-0.2, -0.15) is 0 Å². The largest absolute Gasteiger partial charge is 0.460 e. The third kappa shape index (κ3) is 4.34. The van der Waals surface area contributed by atoms with E-state index < -0.39 is 0 Å². The first kappa shape index (κ1) is 17.5. The Hall–Kier alpha value is -0.830. The highest BCUT2D eigenvalue weighted by molar-refractivity contribution is 9.09. The van der Waals surface area contributed by atoms with E-state index in [0.717, 1.165) is 12.8 Å². The second kappa shape index (κ2) is 8.14. The van der Waals surface area contributed by atoms with Gasteiger partial charge >= 0.3 is 5.97 Å². The maximum atomic E-state index is 11.4. The van der Waals surface area contributed by atoms with E-state index in [4.69, 9.17) is 20.6 Å². The molecule has 2 heterocycles. The van der Waals surface area contributed by atoms with E-state index in [2.05, 4.69) is 28.8 Å². The molecule has 4 nitrogen and oxygen atoms in total. The molecule has 0 amide bonds. The van der Waals surface area contributed by atoms with Crippen LogP contribution in [0.25, 0.3) is 0 Å². The quantitative estimate of drug-likeness (QED) is 0.433. The van der Waals surface area contributed by atoms with Crippen molar-refractivity contribution in [1.82, 2.24) is 0 Å². The van der Waals surface area contributed by atoms with E-state index in [9.17, 15) is 4.79 Å². The molecule has 0 radical (unpaired) electrons. The van der Waals surface area contributed by atoms with Gasteiger partial charge in [0.05, 0.1) is 24.4 Å². The second-order valence-corrected chi connectivity index (χ2v) is 6.95. The third-order valence-electron chi connectivity index (χ3n) is 4.16. The first-order valence-corrected chi connectivity index (χ1v) is 8.70. The lowest BCUT2D eigenvalue weighted by molar-refractivity contribution is -0.155. The molecule has 0 saturated carbocycles. The first-order chi connectivity index (χ1) is 10.5. The van der Waals surface area contributed by atoms with Crippen LogP contribution < -0.4 is 0 Å². The Balaban J connectivity index is 2.14. The molecule has 6 atom stereocenters. The Morgan fingerprint density at radius 1 is 1.36 bits per heavy atom. The maximum Gasteiger partial charge on any atom is 0.302 e. The number of halogens is 1. The Morgan fingerprint density at radius 2 is 2.09 bits per heavy atom. The van der Waals surface area contributed by atoms with Crippen LogP contribution in [0.4, 0.5) is 0 Å². The lowest BCUT2D eigenvalue weighted by Gasteiger charge is -2.32. The molecule has 0 aliphatic carbocycles. The highest BCUT2D eigenvalue weighted by Crippen LogP contribution is 2.36. The van der Waals surface area contributed by atoms with Gasteiger partial charge in [0.15, 0.2) is 0 Å². The first-order valence-electron chi connectivity index (χ1n) is 7.78. The van der Waals surface area contributed by atoms with E-state index in [0.29, 0.717) is 12.8 Å². The molecule has 0 aromatic carbocycles. The normalized spacial score (nSPS) is 38.3. The predicted octanol–water partition coefficient (Wildman–Crippen LogP) is 2.99. The number of alkyl halides is 1. The van der Waals surface area contributed by atoms with Crippen LogP contribution >= 0.6 is 15.9 Å². The lowest BCUT2D eigenvalue weighted by atomic mass is 9.97. The zero-order chi connectivity index (χ0) is 16.1. The van der Waals surface area contributed by atoms with Crippen molar-refractivity contribution in [2.45, 2.75) is 74.9 Å². The summed E-state index contributed by atoms with van der Waals surface area (Å²) in [5, 5.41) is 0. The van der Waals surface area contributed by atoms with Gasteiger partial charge in [0, 0.05) is 24.6 Å². The maximum absolute atomic E-state index is 11.4.